The Kier molecular flexibility index (Phi) is 9.32. The molecule has 174 valence electrons. The van der Waals surface area contributed by atoms with Crippen molar-refractivity contribution in [2.75, 3.05) is 13.6 Å². The molecule has 2 amide bonds. The van der Waals surface area contributed by atoms with Gasteiger partial charge in [-0.25, -0.2) is 0 Å². The molecule has 0 saturated carbocycles. The Morgan fingerprint density at radius 3 is 2.53 bits per heavy atom. The van der Waals surface area contributed by atoms with Crippen molar-refractivity contribution in [2.24, 2.45) is 5.92 Å². The van der Waals surface area contributed by atoms with E-state index in [0.717, 1.165) is 0 Å². The van der Waals surface area contributed by atoms with Crippen molar-refractivity contribution in [2.45, 2.75) is 38.4 Å². The van der Waals surface area contributed by atoms with E-state index in [0.29, 0.717) is 11.4 Å². The van der Waals surface area contributed by atoms with Gasteiger partial charge in [0.05, 0.1) is 23.1 Å². The fourth-order valence-corrected chi connectivity index (χ4v) is 3.51. The second kappa shape index (κ2) is 11.5. The zero-order valence-corrected chi connectivity index (χ0v) is 19.2. The zero-order valence-electron chi connectivity index (χ0n) is 17.7. The van der Waals surface area contributed by atoms with Crippen LogP contribution in [-0.2, 0) is 23.7 Å². The number of benzene rings is 1. The normalized spacial score (nSPS) is 17.6. The lowest BCUT2D eigenvalue weighted by Crippen LogP contribution is -2.52. The number of carbonyl (C=O) groups is 4. The quantitative estimate of drug-likeness (QED) is 0.356. The van der Waals surface area contributed by atoms with Gasteiger partial charge in [-0.15, -0.1) is 0 Å². The van der Waals surface area contributed by atoms with Crippen molar-refractivity contribution in [1.29, 1.82) is 0 Å². The van der Waals surface area contributed by atoms with Gasteiger partial charge in [0.25, 0.3) is 5.91 Å². The van der Waals surface area contributed by atoms with Crippen LogP contribution in [0.4, 0.5) is 0 Å². The Labute approximate surface area is 195 Å². The first-order valence-corrected chi connectivity index (χ1v) is 10.6. The van der Waals surface area contributed by atoms with Crippen molar-refractivity contribution in [3.63, 3.8) is 0 Å². The molecule has 2 unspecified atom stereocenters. The third-order valence-corrected chi connectivity index (χ3v) is 5.17. The number of likely N-dealkylation sites (N-methyl/N-ethyl adjacent to an activating group) is 1. The molecule has 1 aromatic rings. The molecule has 13 heteroatoms. The van der Waals surface area contributed by atoms with Crippen LogP contribution in [0.25, 0.3) is 0 Å². The molecule has 0 aliphatic carbocycles. The summed E-state index contributed by atoms with van der Waals surface area (Å²) in [6.07, 6.45) is -0.986. The molecule has 0 aromatic heterocycles. The summed E-state index contributed by atoms with van der Waals surface area (Å²) in [6.45, 7) is 3.41. The number of carboxylic acids is 1. The molecule has 3 atom stereocenters. The fourth-order valence-electron chi connectivity index (χ4n) is 3.14. The number of halogens is 2. The summed E-state index contributed by atoms with van der Waals surface area (Å²) < 4.78 is 10.7. The largest absolute Gasteiger partial charge is 0.552 e. The standard InChI is InChI=1S/C19H24BCl2N3O7/c1-9(2)6-13(20-31-16(19(30)32-20)15(23-3)18(28)29)25-14(26)8-24-17(27)11-7-10(21)4-5-12(11)22/h4-5,7,9,13,15-16,23H,6,8H2,1-3H3,(H,24,27)(H,25,26)(H,28,29)/t13-,15?,16?/m0/s1. The number of carboxylic acid groups (broad SMARTS) is 1. The summed E-state index contributed by atoms with van der Waals surface area (Å²) in [4.78, 5) is 48.2. The molecule has 0 radical (unpaired) electrons. The van der Waals surface area contributed by atoms with E-state index in [2.05, 4.69) is 16.0 Å². The van der Waals surface area contributed by atoms with Gasteiger partial charge in [-0.05, 0) is 37.6 Å². The van der Waals surface area contributed by atoms with Gasteiger partial charge in [0.1, 0.15) is 6.04 Å². The van der Waals surface area contributed by atoms with Crippen molar-refractivity contribution < 1.29 is 33.6 Å². The van der Waals surface area contributed by atoms with E-state index >= 15 is 0 Å². The van der Waals surface area contributed by atoms with Crippen LogP contribution in [0.15, 0.2) is 18.2 Å². The lowest BCUT2D eigenvalue weighted by Gasteiger charge is -2.22. The van der Waals surface area contributed by atoms with Crippen LogP contribution in [0.1, 0.15) is 30.6 Å². The highest BCUT2D eigenvalue weighted by atomic mass is 35.5. The first kappa shape index (κ1) is 25.9. The number of hydrogen-bond acceptors (Lipinski definition) is 7. The molecule has 1 fully saturated rings. The van der Waals surface area contributed by atoms with Gasteiger partial charge in [0, 0.05) is 5.02 Å². The highest BCUT2D eigenvalue weighted by Crippen LogP contribution is 2.21. The van der Waals surface area contributed by atoms with Crippen LogP contribution in [0.5, 0.6) is 0 Å². The molecule has 1 aromatic carbocycles. The predicted molar refractivity (Wildman–Crippen MR) is 117 cm³/mol. The van der Waals surface area contributed by atoms with Crippen LogP contribution in [-0.4, -0.2) is 67.7 Å². The van der Waals surface area contributed by atoms with Gasteiger partial charge >= 0.3 is 19.1 Å². The van der Waals surface area contributed by atoms with Gasteiger partial charge in [-0.1, -0.05) is 37.0 Å². The van der Waals surface area contributed by atoms with Crippen molar-refractivity contribution in [1.82, 2.24) is 16.0 Å². The number of aliphatic carboxylic acids is 1. The zero-order chi connectivity index (χ0) is 24.0. The van der Waals surface area contributed by atoms with Crippen LogP contribution >= 0.6 is 23.2 Å². The Balaban J connectivity index is 2.02. The molecule has 2 rings (SSSR count). The number of nitrogens with one attached hydrogen (secondary N) is 3. The van der Waals surface area contributed by atoms with Crippen molar-refractivity contribution in [3.8, 4) is 0 Å². The Morgan fingerprint density at radius 1 is 1.25 bits per heavy atom. The molecule has 1 aliphatic heterocycles. The second-order valence-corrected chi connectivity index (χ2v) is 8.42. The predicted octanol–water partition coefficient (Wildman–Crippen LogP) is 0.896. The molecule has 32 heavy (non-hydrogen) atoms. The van der Waals surface area contributed by atoms with Crippen LogP contribution in [0.2, 0.25) is 10.0 Å². The third-order valence-electron chi connectivity index (χ3n) is 4.61. The lowest BCUT2D eigenvalue weighted by molar-refractivity contribution is -0.148. The van der Waals surface area contributed by atoms with Crippen LogP contribution < -0.4 is 16.0 Å². The van der Waals surface area contributed by atoms with Gasteiger partial charge in [0.2, 0.25) is 5.91 Å². The molecule has 4 N–H and O–H groups in total. The average molecular weight is 488 g/mol. The summed E-state index contributed by atoms with van der Waals surface area (Å²) in [5.74, 6) is -3.94. The molecule has 1 saturated heterocycles. The summed E-state index contributed by atoms with van der Waals surface area (Å²) in [5.41, 5.74) is 0.119. The number of rotatable bonds is 10. The average Bonchev–Trinajstić information content (AvgIpc) is 3.09. The van der Waals surface area contributed by atoms with E-state index in [1.54, 1.807) is 0 Å². The minimum atomic E-state index is -1.36. The fraction of sp³-hybridized carbons (Fsp3) is 0.474. The van der Waals surface area contributed by atoms with Crippen molar-refractivity contribution >= 4 is 54.1 Å². The molecule has 0 spiro atoms. The summed E-state index contributed by atoms with van der Waals surface area (Å²) in [6, 6.07) is 3.08. The van der Waals surface area contributed by atoms with Gasteiger partial charge in [0.15, 0.2) is 6.10 Å². The van der Waals surface area contributed by atoms with E-state index in [9.17, 15) is 24.3 Å². The number of hydrogen-bond donors (Lipinski definition) is 4. The highest BCUT2D eigenvalue weighted by Gasteiger charge is 2.50. The summed E-state index contributed by atoms with van der Waals surface area (Å²) in [7, 11) is 0.206. The van der Waals surface area contributed by atoms with Gasteiger partial charge < -0.3 is 30.4 Å². The van der Waals surface area contributed by atoms with E-state index in [1.807, 2.05) is 13.8 Å². The monoisotopic (exact) mass is 487 g/mol. The molecular weight excluding hydrogens is 464 g/mol. The van der Waals surface area contributed by atoms with E-state index < -0.39 is 49.0 Å². The third kappa shape index (κ3) is 6.83. The Morgan fingerprint density at radius 2 is 1.94 bits per heavy atom. The Hall–Kier alpha value is -2.34. The van der Waals surface area contributed by atoms with Gasteiger partial charge in [-0.3, -0.25) is 19.2 Å². The first-order valence-electron chi connectivity index (χ1n) is 9.82. The number of carbonyl (C=O) groups excluding carboxylic acids is 3. The summed E-state index contributed by atoms with van der Waals surface area (Å²) >= 11 is 11.9. The number of amides is 2. The highest BCUT2D eigenvalue weighted by molar-refractivity contribution is 6.51. The maximum atomic E-state index is 12.5. The van der Waals surface area contributed by atoms with E-state index in [4.69, 9.17) is 32.5 Å². The second-order valence-electron chi connectivity index (χ2n) is 7.58. The summed E-state index contributed by atoms with van der Waals surface area (Å²) in [5, 5.41) is 17.3. The van der Waals surface area contributed by atoms with Crippen LogP contribution in [0, 0.1) is 5.92 Å². The minimum absolute atomic E-state index is 0.0843. The Bertz CT molecular complexity index is 886. The minimum Gasteiger partial charge on any atom is -0.506 e. The molecule has 0 bridgehead atoms. The van der Waals surface area contributed by atoms with E-state index in [1.165, 1.54) is 25.2 Å². The topological polar surface area (TPSA) is 143 Å². The SMILES string of the molecule is CNC(C(=O)O)C1OB([C@H](CC(C)C)NC(=O)CNC(=O)c2cc(Cl)ccc2Cl)OC1=O. The molecule has 1 aliphatic rings. The molecule has 1 heterocycles. The van der Waals surface area contributed by atoms with E-state index in [-0.39, 0.29) is 23.0 Å². The first-order chi connectivity index (χ1) is 15.0. The smallest absolute Gasteiger partial charge is 0.506 e. The van der Waals surface area contributed by atoms with Gasteiger partial charge in [-0.2, -0.15) is 0 Å². The molecule has 10 nitrogen and oxygen atoms in total. The maximum absolute atomic E-state index is 12.5. The maximum Gasteiger partial charge on any atom is 0.552 e. The lowest BCUT2D eigenvalue weighted by atomic mass is 9.74. The molecular formula is C19H24BCl2N3O7. The van der Waals surface area contributed by atoms with Crippen molar-refractivity contribution in [3.05, 3.63) is 33.8 Å². The van der Waals surface area contributed by atoms with Crippen LogP contribution in [0.3, 0.4) is 0 Å².